The molecule has 1 saturated heterocycles. The number of rotatable bonds is 4. The van der Waals surface area contributed by atoms with Crippen molar-refractivity contribution in [3.8, 4) is 11.5 Å². The molecule has 1 aliphatic carbocycles. The first-order chi connectivity index (χ1) is 13.6. The van der Waals surface area contributed by atoms with Crippen molar-refractivity contribution in [2.45, 2.75) is 49.9 Å². The Hall–Kier alpha value is -2.48. The highest BCUT2D eigenvalue weighted by atomic mass is 16.5. The number of piperidine rings is 1. The van der Waals surface area contributed by atoms with Gasteiger partial charge in [-0.25, -0.2) is 4.99 Å². The first kappa shape index (κ1) is 18.9. The Bertz CT molecular complexity index is 761. The van der Waals surface area contributed by atoms with Crippen molar-refractivity contribution >= 4 is 11.9 Å². The van der Waals surface area contributed by atoms with E-state index in [9.17, 15) is 9.90 Å². The van der Waals surface area contributed by atoms with Gasteiger partial charge in [-0.15, -0.1) is 0 Å². The minimum absolute atomic E-state index is 0.0132. The lowest BCUT2D eigenvalue weighted by atomic mass is 10.0. The lowest BCUT2D eigenvalue weighted by Crippen LogP contribution is -2.49. The van der Waals surface area contributed by atoms with Crippen molar-refractivity contribution in [1.29, 1.82) is 0 Å². The first-order valence-electron chi connectivity index (χ1n) is 9.87. The van der Waals surface area contributed by atoms with Gasteiger partial charge in [0, 0.05) is 24.7 Å². The molecule has 8 heteroatoms. The molecule has 2 aliphatic heterocycles. The van der Waals surface area contributed by atoms with Gasteiger partial charge in [-0.1, -0.05) is 0 Å². The van der Waals surface area contributed by atoms with E-state index in [4.69, 9.17) is 9.47 Å². The SMILES string of the molecule is COc1ccc(C(=O)N2CCC(NC3=N[C@@H]4C[C@H](O)C[C@@H]4N3)CC2)cc1OC. The fourth-order valence-electron chi connectivity index (χ4n) is 4.32. The summed E-state index contributed by atoms with van der Waals surface area (Å²) in [7, 11) is 3.15. The number of amides is 1. The fourth-order valence-corrected chi connectivity index (χ4v) is 4.32. The molecule has 0 unspecified atom stereocenters. The van der Waals surface area contributed by atoms with Gasteiger partial charge in [-0.05, 0) is 43.9 Å². The molecule has 1 aromatic rings. The summed E-state index contributed by atoms with van der Waals surface area (Å²) in [6.07, 6.45) is 3.01. The summed E-state index contributed by atoms with van der Waals surface area (Å²) >= 11 is 0. The normalized spacial score (nSPS) is 27.0. The Morgan fingerprint density at radius 2 is 1.96 bits per heavy atom. The summed E-state index contributed by atoms with van der Waals surface area (Å²) in [5.74, 6) is 2.03. The molecule has 2 heterocycles. The maximum Gasteiger partial charge on any atom is 0.253 e. The highest BCUT2D eigenvalue weighted by molar-refractivity contribution is 5.95. The van der Waals surface area contributed by atoms with E-state index in [1.807, 2.05) is 4.90 Å². The molecule has 2 fully saturated rings. The maximum absolute atomic E-state index is 12.8. The molecular formula is C20H28N4O4. The molecule has 1 aromatic carbocycles. The zero-order valence-electron chi connectivity index (χ0n) is 16.4. The third-order valence-electron chi connectivity index (χ3n) is 5.87. The molecular weight excluding hydrogens is 360 g/mol. The number of aliphatic imine (C=N–C) groups is 1. The molecule has 0 radical (unpaired) electrons. The molecule has 1 amide bonds. The number of aliphatic hydroxyl groups is 1. The molecule has 3 aliphatic rings. The Morgan fingerprint density at radius 1 is 1.21 bits per heavy atom. The smallest absolute Gasteiger partial charge is 0.253 e. The van der Waals surface area contributed by atoms with Crippen molar-refractivity contribution in [3.63, 3.8) is 0 Å². The number of carbonyl (C=O) groups excluding carboxylic acids is 1. The molecule has 0 aromatic heterocycles. The van der Waals surface area contributed by atoms with E-state index in [2.05, 4.69) is 15.6 Å². The lowest BCUT2D eigenvalue weighted by Gasteiger charge is -2.33. The van der Waals surface area contributed by atoms with Crippen LogP contribution in [0.15, 0.2) is 23.2 Å². The molecule has 28 heavy (non-hydrogen) atoms. The second-order valence-electron chi connectivity index (χ2n) is 7.70. The number of methoxy groups -OCH3 is 2. The number of hydrogen-bond donors (Lipinski definition) is 3. The summed E-state index contributed by atoms with van der Waals surface area (Å²) in [6.45, 7) is 1.40. The predicted octanol–water partition coefficient (Wildman–Crippen LogP) is 0.749. The van der Waals surface area contributed by atoms with Gasteiger partial charge >= 0.3 is 0 Å². The van der Waals surface area contributed by atoms with Crippen LogP contribution in [0.4, 0.5) is 0 Å². The van der Waals surface area contributed by atoms with E-state index in [1.54, 1.807) is 32.4 Å². The second-order valence-corrected chi connectivity index (χ2v) is 7.70. The van der Waals surface area contributed by atoms with E-state index in [0.29, 0.717) is 36.2 Å². The number of nitrogens with zero attached hydrogens (tertiary/aromatic N) is 2. The van der Waals surface area contributed by atoms with E-state index in [-0.39, 0.29) is 24.1 Å². The van der Waals surface area contributed by atoms with Crippen molar-refractivity contribution in [2.75, 3.05) is 27.3 Å². The highest BCUT2D eigenvalue weighted by Gasteiger charge is 2.38. The van der Waals surface area contributed by atoms with Crippen molar-refractivity contribution < 1.29 is 19.4 Å². The number of ether oxygens (including phenoxy) is 2. The summed E-state index contributed by atoms with van der Waals surface area (Å²) in [6, 6.07) is 6.00. The van der Waals surface area contributed by atoms with Crippen molar-refractivity contribution in [1.82, 2.24) is 15.5 Å². The van der Waals surface area contributed by atoms with E-state index in [0.717, 1.165) is 31.6 Å². The van der Waals surface area contributed by atoms with Crippen LogP contribution >= 0.6 is 0 Å². The van der Waals surface area contributed by atoms with Gasteiger partial charge in [0.15, 0.2) is 17.5 Å². The zero-order valence-corrected chi connectivity index (χ0v) is 16.4. The van der Waals surface area contributed by atoms with Gasteiger partial charge in [0.25, 0.3) is 5.91 Å². The van der Waals surface area contributed by atoms with Crippen LogP contribution in [0, 0.1) is 0 Å². The van der Waals surface area contributed by atoms with Gasteiger partial charge in [0.05, 0.1) is 32.4 Å². The highest BCUT2D eigenvalue weighted by Crippen LogP contribution is 2.29. The number of carbonyl (C=O) groups is 1. The van der Waals surface area contributed by atoms with Crippen LogP contribution in [0.1, 0.15) is 36.0 Å². The van der Waals surface area contributed by atoms with Crippen LogP contribution in [0.25, 0.3) is 0 Å². The summed E-state index contributed by atoms with van der Waals surface area (Å²) in [4.78, 5) is 19.4. The lowest BCUT2D eigenvalue weighted by molar-refractivity contribution is 0.0709. The average Bonchev–Trinajstić information content (AvgIpc) is 3.24. The van der Waals surface area contributed by atoms with Gasteiger partial charge in [0.1, 0.15) is 0 Å². The van der Waals surface area contributed by atoms with Gasteiger partial charge in [0.2, 0.25) is 0 Å². The van der Waals surface area contributed by atoms with Crippen LogP contribution < -0.4 is 20.1 Å². The molecule has 8 nitrogen and oxygen atoms in total. The van der Waals surface area contributed by atoms with Crippen LogP contribution in [0.5, 0.6) is 11.5 Å². The van der Waals surface area contributed by atoms with Gasteiger partial charge in [-0.3, -0.25) is 4.79 Å². The standard InChI is InChI=1S/C20H28N4O4/c1-27-17-4-3-12(9-18(17)28-2)19(26)24-7-5-13(6-8-24)21-20-22-15-10-14(25)11-16(15)23-20/h3-4,9,13-16,25H,5-8,10-11H2,1-2H3,(H2,21,22,23)/t14-,15+,16-. The number of fused-ring (bicyclic) bond motifs is 1. The molecule has 3 atom stereocenters. The Morgan fingerprint density at radius 3 is 2.64 bits per heavy atom. The molecule has 3 N–H and O–H groups in total. The topological polar surface area (TPSA) is 95.4 Å². The van der Waals surface area contributed by atoms with Crippen LogP contribution in [-0.2, 0) is 0 Å². The number of benzene rings is 1. The van der Waals surface area contributed by atoms with Crippen molar-refractivity contribution in [2.24, 2.45) is 4.99 Å². The second kappa shape index (κ2) is 7.87. The number of hydrogen-bond acceptors (Lipinski definition) is 7. The predicted molar refractivity (Wildman–Crippen MR) is 105 cm³/mol. The maximum atomic E-state index is 12.8. The molecule has 4 rings (SSSR count). The molecule has 0 bridgehead atoms. The monoisotopic (exact) mass is 388 g/mol. The minimum Gasteiger partial charge on any atom is -0.493 e. The number of guanidine groups is 1. The average molecular weight is 388 g/mol. The van der Waals surface area contributed by atoms with Crippen LogP contribution in [0.2, 0.25) is 0 Å². The number of aliphatic hydroxyl groups excluding tert-OH is 1. The van der Waals surface area contributed by atoms with E-state index < -0.39 is 0 Å². The van der Waals surface area contributed by atoms with Gasteiger partial charge < -0.3 is 30.1 Å². The number of likely N-dealkylation sites (tertiary alicyclic amines) is 1. The fraction of sp³-hybridized carbons (Fsp3) is 0.600. The minimum atomic E-state index is -0.237. The summed E-state index contributed by atoms with van der Waals surface area (Å²) in [5, 5.41) is 16.6. The third kappa shape index (κ3) is 3.73. The van der Waals surface area contributed by atoms with Crippen LogP contribution in [0.3, 0.4) is 0 Å². The van der Waals surface area contributed by atoms with Gasteiger partial charge in [-0.2, -0.15) is 0 Å². The van der Waals surface area contributed by atoms with E-state index in [1.165, 1.54) is 0 Å². The van der Waals surface area contributed by atoms with E-state index >= 15 is 0 Å². The largest absolute Gasteiger partial charge is 0.493 e. The van der Waals surface area contributed by atoms with Crippen LogP contribution in [-0.4, -0.2) is 73.4 Å². The molecule has 1 saturated carbocycles. The molecule has 152 valence electrons. The summed E-state index contributed by atoms with van der Waals surface area (Å²) < 4.78 is 10.5. The number of nitrogens with one attached hydrogen (secondary N) is 2. The summed E-state index contributed by atoms with van der Waals surface area (Å²) in [5.41, 5.74) is 0.609. The first-order valence-corrected chi connectivity index (χ1v) is 9.87. The quantitative estimate of drug-likeness (QED) is 0.705. The third-order valence-corrected chi connectivity index (χ3v) is 5.87. The Kier molecular flexibility index (Phi) is 5.30. The zero-order chi connectivity index (χ0) is 19.7. The Balaban J connectivity index is 1.31. The Labute approximate surface area is 164 Å². The van der Waals surface area contributed by atoms with Crippen molar-refractivity contribution in [3.05, 3.63) is 23.8 Å². The molecule has 0 spiro atoms.